The zero-order valence-corrected chi connectivity index (χ0v) is 16.6. The summed E-state index contributed by atoms with van der Waals surface area (Å²) >= 11 is 0. The van der Waals surface area contributed by atoms with Crippen LogP contribution in [0.3, 0.4) is 0 Å². The molecular formula is C19H25N5O4. The van der Waals surface area contributed by atoms with Crippen molar-refractivity contribution in [3.8, 4) is 0 Å². The standard InChI is InChI=1S/C19H25N5O4/c1-19(2,3)28-18(25)23-9-5-6-14(12-23)22(4)17-11-20-16-10-13(24(26)27)7-8-15(16)21-17/h7-8,10-11,14H,5-6,9,12H2,1-4H3/t14-/m0/s1. The Balaban J connectivity index is 1.75. The third kappa shape index (κ3) is 4.47. The maximum Gasteiger partial charge on any atom is 0.410 e. The molecule has 3 rings (SSSR count). The highest BCUT2D eigenvalue weighted by Crippen LogP contribution is 2.24. The second-order valence-corrected chi connectivity index (χ2v) is 7.99. The van der Waals surface area contributed by atoms with Crippen LogP contribution < -0.4 is 4.90 Å². The summed E-state index contributed by atoms with van der Waals surface area (Å²) in [6.07, 6.45) is 3.11. The number of anilines is 1. The number of benzene rings is 1. The fourth-order valence-corrected chi connectivity index (χ4v) is 3.22. The molecule has 1 aromatic heterocycles. The minimum absolute atomic E-state index is 0.0109. The molecule has 1 aliphatic rings. The van der Waals surface area contributed by atoms with Crippen LogP contribution in [0.2, 0.25) is 0 Å². The Hall–Kier alpha value is -2.97. The number of carbonyl (C=O) groups excluding carboxylic acids is 1. The first-order valence-corrected chi connectivity index (χ1v) is 9.26. The van der Waals surface area contributed by atoms with Gasteiger partial charge in [-0.3, -0.25) is 15.1 Å². The molecule has 0 unspecified atom stereocenters. The van der Waals surface area contributed by atoms with Crippen LogP contribution in [0.15, 0.2) is 24.4 Å². The summed E-state index contributed by atoms with van der Waals surface area (Å²) < 4.78 is 5.48. The summed E-state index contributed by atoms with van der Waals surface area (Å²) in [5.74, 6) is 0.664. The lowest BCUT2D eigenvalue weighted by Gasteiger charge is -2.38. The first kappa shape index (κ1) is 19.8. The summed E-state index contributed by atoms with van der Waals surface area (Å²) in [6.45, 7) is 6.78. The lowest BCUT2D eigenvalue weighted by molar-refractivity contribution is -0.384. The van der Waals surface area contributed by atoms with Crippen molar-refractivity contribution in [3.05, 3.63) is 34.5 Å². The Morgan fingerprint density at radius 3 is 2.79 bits per heavy atom. The van der Waals surface area contributed by atoms with E-state index in [-0.39, 0.29) is 17.8 Å². The molecule has 9 heteroatoms. The number of hydrogen-bond donors (Lipinski definition) is 0. The SMILES string of the molecule is CN(c1cnc2cc([N+](=O)[O-])ccc2n1)[C@H]1CCCN(C(=O)OC(C)(C)C)C1. The molecule has 1 fully saturated rings. The minimum atomic E-state index is -0.525. The largest absolute Gasteiger partial charge is 0.444 e. The second kappa shape index (κ2) is 7.57. The third-order valence-corrected chi connectivity index (χ3v) is 4.68. The summed E-state index contributed by atoms with van der Waals surface area (Å²) in [7, 11) is 1.92. The number of rotatable bonds is 3. The van der Waals surface area contributed by atoms with Crippen molar-refractivity contribution in [2.45, 2.75) is 45.3 Å². The Morgan fingerprint density at radius 2 is 2.11 bits per heavy atom. The van der Waals surface area contributed by atoms with E-state index in [0.717, 1.165) is 12.8 Å². The van der Waals surface area contributed by atoms with Crippen molar-refractivity contribution < 1.29 is 14.5 Å². The minimum Gasteiger partial charge on any atom is -0.444 e. The summed E-state index contributed by atoms with van der Waals surface area (Å²) in [5, 5.41) is 10.9. The molecular weight excluding hydrogens is 362 g/mol. The zero-order chi connectivity index (χ0) is 20.5. The number of likely N-dealkylation sites (tertiary alicyclic amines) is 1. The lowest BCUT2D eigenvalue weighted by atomic mass is 10.0. The monoisotopic (exact) mass is 387 g/mol. The molecule has 0 radical (unpaired) electrons. The van der Waals surface area contributed by atoms with E-state index < -0.39 is 10.5 Å². The van der Waals surface area contributed by atoms with E-state index in [4.69, 9.17) is 4.74 Å². The number of ether oxygens (including phenoxy) is 1. The van der Waals surface area contributed by atoms with Crippen LogP contribution in [-0.4, -0.2) is 57.7 Å². The first-order chi connectivity index (χ1) is 13.1. The van der Waals surface area contributed by atoms with Crippen LogP contribution in [0.5, 0.6) is 0 Å². The number of aromatic nitrogens is 2. The zero-order valence-electron chi connectivity index (χ0n) is 16.6. The lowest BCUT2D eigenvalue weighted by Crippen LogP contribution is -2.50. The van der Waals surface area contributed by atoms with Crippen molar-refractivity contribution in [3.63, 3.8) is 0 Å². The highest BCUT2D eigenvalue weighted by Gasteiger charge is 2.30. The molecule has 0 aliphatic carbocycles. The summed E-state index contributed by atoms with van der Waals surface area (Å²) in [4.78, 5) is 35.5. The van der Waals surface area contributed by atoms with E-state index in [2.05, 4.69) is 9.97 Å². The number of amides is 1. The van der Waals surface area contributed by atoms with Gasteiger partial charge in [0.15, 0.2) is 0 Å². The number of nitro benzene ring substituents is 1. The fraction of sp³-hybridized carbons (Fsp3) is 0.526. The van der Waals surface area contributed by atoms with Gasteiger partial charge in [0.05, 0.1) is 22.2 Å². The van der Waals surface area contributed by atoms with Gasteiger partial charge >= 0.3 is 6.09 Å². The molecule has 1 atom stereocenters. The van der Waals surface area contributed by atoms with Gasteiger partial charge in [0, 0.05) is 38.3 Å². The van der Waals surface area contributed by atoms with Gasteiger partial charge in [-0.1, -0.05) is 0 Å². The molecule has 0 spiro atoms. The molecule has 9 nitrogen and oxygen atoms in total. The molecule has 0 N–H and O–H groups in total. The van der Waals surface area contributed by atoms with Crippen LogP contribution in [0, 0.1) is 10.1 Å². The molecule has 2 aromatic rings. The van der Waals surface area contributed by atoms with Crippen LogP contribution in [0.1, 0.15) is 33.6 Å². The van der Waals surface area contributed by atoms with E-state index in [1.807, 2.05) is 32.7 Å². The van der Waals surface area contributed by atoms with Crippen molar-refractivity contribution in [2.24, 2.45) is 0 Å². The highest BCUT2D eigenvalue weighted by molar-refractivity contribution is 5.78. The van der Waals surface area contributed by atoms with Gasteiger partial charge in [0.25, 0.3) is 5.69 Å². The predicted octanol–water partition coefficient (Wildman–Crippen LogP) is 3.37. The number of non-ortho nitro benzene ring substituents is 1. The smallest absolute Gasteiger partial charge is 0.410 e. The molecule has 0 bridgehead atoms. The Kier molecular flexibility index (Phi) is 5.35. The maximum atomic E-state index is 12.4. The quantitative estimate of drug-likeness (QED) is 0.588. The van der Waals surface area contributed by atoms with E-state index in [1.54, 1.807) is 17.2 Å². The molecule has 28 heavy (non-hydrogen) atoms. The maximum absolute atomic E-state index is 12.4. The second-order valence-electron chi connectivity index (χ2n) is 7.99. The van der Waals surface area contributed by atoms with Gasteiger partial charge in [0.1, 0.15) is 11.4 Å². The van der Waals surface area contributed by atoms with Gasteiger partial charge in [0.2, 0.25) is 0 Å². The fourth-order valence-electron chi connectivity index (χ4n) is 3.22. The van der Waals surface area contributed by atoms with Crippen LogP contribution in [0.4, 0.5) is 16.3 Å². The molecule has 1 aliphatic heterocycles. The number of likely N-dealkylation sites (N-methyl/N-ethyl adjacent to an activating group) is 1. The Morgan fingerprint density at radius 1 is 1.36 bits per heavy atom. The van der Waals surface area contributed by atoms with Crippen molar-refractivity contribution in [2.75, 3.05) is 25.0 Å². The normalized spacial score (nSPS) is 17.4. The first-order valence-electron chi connectivity index (χ1n) is 9.26. The molecule has 150 valence electrons. The molecule has 1 saturated heterocycles. The van der Waals surface area contributed by atoms with E-state index in [0.29, 0.717) is 29.9 Å². The Labute approximate surface area is 163 Å². The number of fused-ring (bicyclic) bond motifs is 1. The van der Waals surface area contributed by atoms with Crippen LogP contribution in [-0.2, 0) is 4.74 Å². The predicted molar refractivity (Wildman–Crippen MR) is 105 cm³/mol. The van der Waals surface area contributed by atoms with Crippen molar-refractivity contribution >= 4 is 28.6 Å². The van der Waals surface area contributed by atoms with E-state index >= 15 is 0 Å². The van der Waals surface area contributed by atoms with Crippen LogP contribution in [0.25, 0.3) is 11.0 Å². The van der Waals surface area contributed by atoms with Crippen LogP contribution >= 0.6 is 0 Å². The molecule has 0 saturated carbocycles. The molecule has 2 heterocycles. The third-order valence-electron chi connectivity index (χ3n) is 4.68. The summed E-state index contributed by atoms with van der Waals surface area (Å²) in [6, 6.07) is 4.53. The van der Waals surface area contributed by atoms with Crippen molar-refractivity contribution in [1.29, 1.82) is 0 Å². The number of nitro groups is 1. The van der Waals surface area contributed by atoms with E-state index in [9.17, 15) is 14.9 Å². The topological polar surface area (TPSA) is 102 Å². The van der Waals surface area contributed by atoms with Gasteiger partial charge in [-0.15, -0.1) is 0 Å². The Bertz CT molecular complexity index is 896. The number of carbonyl (C=O) groups is 1. The number of piperidine rings is 1. The summed E-state index contributed by atoms with van der Waals surface area (Å²) in [5.41, 5.74) is 0.533. The number of nitrogens with zero attached hydrogens (tertiary/aromatic N) is 5. The average Bonchev–Trinajstić information content (AvgIpc) is 2.65. The van der Waals surface area contributed by atoms with Gasteiger partial charge < -0.3 is 14.5 Å². The average molecular weight is 387 g/mol. The van der Waals surface area contributed by atoms with Gasteiger partial charge in [-0.2, -0.15) is 0 Å². The van der Waals surface area contributed by atoms with Gasteiger partial charge in [-0.05, 0) is 39.7 Å². The van der Waals surface area contributed by atoms with E-state index in [1.165, 1.54) is 12.1 Å². The highest BCUT2D eigenvalue weighted by atomic mass is 16.6. The van der Waals surface area contributed by atoms with Gasteiger partial charge in [-0.25, -0.2) is 9.78 Å². The molecule has 1 aromatic carbocycles. The van der Waals surface area contributed by atoms with Crippen molar-refractivity contribution in [1.82, 2.24) is 14.9 Å². The molecule has 1 amide bonds. The number of hydrogen-bond acceptors (Lipinski definition) is 7.